The predicted molar refractivity (Wildman–Crippen MR) is 169 cm³/mol. The number of hydrogen-bond donors (Lipinski definition) is 3. The van der Waals surface area contributed by atoms with Gasteiger partial charge in [0.15, 0.2) is 0 Å². The zero-order valence-corrected chi connectivity index (χ0v) is 29.9. The number of rotatable bonds is 4. The van der Waals surface area contributed by atoms with Gasteiger partial charge in [0, 0.05) is 0 Å². The molecule has 0 aliphatic carbocycles. The van der Waals surface area contributed by atoms with Crippen molar-refractivity contribution in [1.82, 2.24) is 0 Å². The summed E-state index contributed by atoms with van der Waals surface area (Å²) in [5, 5.41) is 15.4. The summed E-state index contributed by atoms with van der Waals surface area (Å²) < 4.78 is 139. The Hall–Kier alpha value is -3.80. The number of hydrogen-bond acceptors (Lipinski definition) is 13. The molecular weight excluding hydrogens is 736 g/mol. The molecular formula is C28H19N4NaO12S4. The average Bonchev–Trinajstić information content (AvgIpc) is 2.99. The third-order valence-corrected chi connectivity index (χ3v) is 10.2. The fourth-order valence-corrected chi connectivity index (χ4v) is 7.17. The Morgan fingerprint density at radius 1 is 0.408 bits per heavy atom. The van der Waals surface area contributed by atoms with Crippen LogP contribution in [-0.4, -0.2) is 51.9 Å². The van der Waals surface area contributed by atoms with Crippen molar-refractivity contribution in [2.45, 2.75) is 19.6 Å². The first-order chi connectivity index (χ1) is 22.3. The van der Waals surface area contributed by atoms with Gasteiger partial charge in [-0.15, -0.1) is 0 Å². The molecule has 0 unspecified atom stereocenters. The summed E-state index contributed by atoms with van der Waals surface area (Å²) in [6, 6.07) is 13.5. The van der Waals surface area contributed by atoms with E-state index in [4.69, 9.17) is 0 Å². The molecule has 10 heterocycles. The van der Waals surface area contributed by atoms with Gasteiger partial charge in [0.25, 0.3) is 30.4 Å². The summed E-state index contributed by atoms with van der Waals surface area (Å²) in [6.07, 6.45) is 4.46. The molecule has 4 aromatic rings. The van der Waals surface area contributed by atoms with Crippen molar-refractivity contribution in [2.75, 3.05) is 0 Å². The maximum atomic E-state index is 12.2. The second-order valence-corrected chi connectivity index (χ2v) is 15.4. The Morgan fingerprint density at radius 2 is 0.633 bits per heavy atom. The molecule has 3 N–H and O–H groups in total. The molecule has 49 heavy (non-hydrogen) atoms. The van der Waals surface area contributed by atoms with E-state index in [-0.39, 0.29) is 74.6 Å². The Morgan fingerprint density at radius 3 is 0.857 bits per heavy atom. The molecule has 0 saturated carbocycles. The molecule has 0 aromatic heterocycles. The summed E-state index contributed by atoms with van der Waals surface area (Å²) in [5.41, 5.74) is -1.17. The molecule has 8 bridgehead atoms. The van der Waals surface area contributed by atoms with E-state index in [0.29, 0.717) is 0 Å². The van der Waals surface area contributed by atoms with Crippen LogP contribution in [0.4, 0.5) is 22.7 Å². The average molecular weight is 755 g/mol. The van der Waals surface area contributed by atoms with Crippen molar-refractivity contribution in [3.05, 3.63) is 95.1 Å². The summed E-state index contributed by atoms with van der Waals surface area (Å²) >= 11 is 0. The normalized spacial score (nSPS) is 14.8. The fourth-order valence-electron chi connectivity index (χ4n) is 4.37. The Labute approximate surface area is 301 Å². The minimum absolute atomic E-state index is 0. The second-order valence-electron chi connectivity index (χ2n) is 9.83. The van der Waals surface area contributed by atoms with Gasteiger partial charge in [-0.1, -0.05) is 48.6 Å². The number of azo groups is 2. The largest absolute Gasteiger partial charge is 1.00 e. The van der Waals surface area contributed by atoms with Crippen molar-refractivity contribution in [2.24, 2.45) is 20.5 Å². The van der Waals surface area contributed by atoms with E-state index in [0.717, 1.165) is 48.6 Å². The van der Waals surface area contributed by atoms with Crippen LogP contribution in [0.3, 0.4) is 0 Å². The minimum Gasteiger partial charge on any atom is -0.744 e. The summed E-state index contributed by atoms with van der Waals surface area (Å²) in [5.74, 6) is 0. The van der Waals surface area contributed by atoms with Crippen molar-refractivity contribution in [1.29, 1.82) is 0 Å². The van der Waals surface area contributed by atoms with Crippen LogP contribution in [0.2, 0.25) is 0 Å². The maximum Gasteiger partial charge on any atom is 1.00 e. The van der Waals surface area contributed by atoms with E-state index in [1.807, 2.05) is 0 Å². The first-order valence-corrected chi connectivity index (χ1v) is 18.7. The van der Waals surface area contributed by atoms with Crippen molar-refractivity contribution in [3.8, 4) is 0 Å². The van der Waals surface area contributed by atoms with Crippen LogP contribution in [0.1, 0.15) is 22.3 Å². The summed E-state index contributed by atoms with van der Waals surface area (Å²) in [6.45, 7) is 0. The van der Waals surface area contributed by atoms with Gasteiger partial charge < -0.3 is 4.55 Å². The smallest absolute Gasteiger partial charge is 0.744 e. The van der Waals surface area contributed by atoms with Crippen LogP contribution >= 0.6 is 0 Å². The first kappa shape index (κ1) is 38.0. The molecule has 4 aromatic carbocycles. The molecule has 0 fully saturated rings. The van der Waals surface area contributed by atoms with E-state index in [9.17, 15) is 51.9 Å². The van der Waals surface area contributed by atoms with Crippen molar-refractivity contribution in [3.63, 3.8) is 0 Å². The molecule has 21 heteroatoms. The zero-order chi connectivity index (χ0) is 35.1. The quantitative estimate of drug-likeness (QED) is 0.177. The fraction of sp³-hybridized carbons (Fsp3) is 0. The SMILES string of the molecule is O=S(=O)([O-])c1cc2ccc1/C=C\c1ccc(cc1S(=O)(=O)O)N=Nc1ccc(c(S(=O)(=O)O)c1)/C=C\c1ccc(cc1S(=O)(=O)O)N=N2.[Na+]. The molecule has 248 valence electrons. The molecule has 0 amide bonds. The maximum absolute atomic E-state index is 12.2. The van der Waals surface area contributed by atoms with Crippen LogP contribution in [0, 0.1) is 0 Å². The molecule has 10 aliphatic rings. The standard InChI is InChI=1S/C28H20N4O12S4.Na/c33-45(34,35)25-13-21-9-5-17(25)1-2-18-6-10-22(14-26(18)46(36,37)38)30-32-24-12-8-20(28(16-24)48(42,43)44)4-3-19-7-11-23(31-29-21)15-27(19)47(39,40)41;/h1-16H,(H,33,34,35)(H,36,37,38)(H,39,40,41)(H,42,43,44);/q;+1/p-1/b2-1-,4-3-,17-1?,18-2?,19-3?,20-4?,29-21?,30-22?,31-23?,31-29?,32-24?,32-30?;. The number of benzene rings is 4. The van der Waals surface area contributed by atoms with E-state index in [2.05, 4.69) is 20.5 Å². The van der Waals surface area contributed by atoms with Gasteiger partial charge in [0.2, 0.25) is 0 Å². The zero-order valence-electron chi connectivity index (χ0n) is 24.7. The third-order valence-electron chi connectivity index (χ3n) is 6.54. The van der Waals surface area contributed by atoms with E-state index < -0.39 is 60.1 Å². The van der Waals surface area contributed by atoms with Crippen LogP contribution in [0.25, 0.3) is 24.3 Å². The third kappa shape index (κ3) is 9.26. The molecule has 14 rings (SSSR count). The minimum atomic E-state index is -5.14. The number of nitrogens with zero attached hydrogens (tertiary/aromatic N) is 4. The predicted octanol–water partition coefficient (Wildman–Crippen LogP) is 2.82. The first-order valence-electron chi connectivity index (χ1n) is 12.9. The van der Waals surface area contributed by atoms with Gasteiger partial charge in [-0.3, -0.25) is 13.7 Å². The van der Waals surface area contributed by atoms with Gasteiger partial charge in [-0.2, -0.15) is 45.7 Å². The summed E-state index contributed by atoms with van der Waals surface area (Å²) in [4.78, 5) is -2.76. The van der Waals surface area contributed by atoms with E-state index >= 15 is 0 Å². The van der Waals surface area contributed by atoms with Crippen LogP contribution in [0.15, 0.2) is 113 Å². The second kappa shape index (κ2) is 14.2. The van der Waals surface area contributed by atoms with Gasteiger partial charge in [-0.05, 0) is 70.8 Å². The van der Waals surface area contributed by atoms with Crippen LogP contribution < -0.4 is 29.6 Å². The van der Waals surface area contributed by atoms with Crippen molar-refractivity contribution < 1.29 is 81.4 Å². The molecule has 10 aliphatic heterocycles. The van der Waals surface area contributed by atoms with Crippen LogP contribution in [0.5, 0.6) is 0 Å². The van der Waals surface area contributed by atoms with Gasteiger partial charge in [0.05, 0.1) is 27.6 Å². The van der Waals surface area contributed by atoms with Crippen molar-refractivity contribution >= 4 is 87.5 Å². The van der Waals surface area contributed by atoms with Crippen LogP contribution in [-0.2, 0) is 40.5 Å². The Balaban J connectivity index is 0.00000541. The van der Waals surface area contributed by atoms with Gasteiger partial charge in [0.1, 0.15) is 24.8 Å². The molecule has 0 atom stereocenters. The van der Waals surface area contributed by atoms with E-state index in [1.165, 1.54) is 48.5 Å². The molecule has 0 spiro atoms. The Bertz CT molecular complexity index is 2220. The molecule has 0 radical (unpaired) electrons. The van der Waals surface area contributed by atoms with E-state index in [1.54, 1.807) is 0 Å². The molecule has 0 saturated heterocycles. The molecule has 16 nitrogen and oxygen atoms in total. The van der Waals surface area contributed by atoms with Gasteiger partial charge >= 0.3 is 29.6 Å². The Kier molecular flexibility index (Phi) is 11.0. The topological polar surface area (TPSA) is 270 Å². The summed E-state index contributed by atoms with van der Waals surface area (Å²) in [7, 11) is -19.8. The monoisotopic (exact) mass is 754 g/mol. The van der Waals surface area contributed by atoms with Gasteiger partial charge in [-0.25, -0.2) is 8.42 Å².